The van der Waals surface area contributed by atoms with Crippen LogP contribution in [0.2, 0.25) is 0 Å². The molecule has 0 saturated heterocycles. The molecule has 16 heavy (non-hydrogen) atoms. The van der Waals surface area contributed by atoms with Crippen molar-refractivity contribution in [3.05, 3.63) is 22.2 Å². The molecule has 1 N–H and O–H groups in total. The molecule has 0 heterocycles. The van der Waals surface area contributed by atoms with Gasteiger partial charge in [0.25, 0.3) is 0 Å². The molecule has 0 aliphatic carbocycles. The number of phenolic OH excluding ortho intramolecular Hbond substituents is 1. The minimum absolute atomic E-state index is 0.196. The Morgan fingerprint density at radius 1 is 1.25 bits per heavy atom. The highest BCUT2D eigenvalue weighted by Crippen LogP contribution is 2.44. The van der Waals surface area contributed by atoms with Gasteiger partial charge in [0.05, 0.1) is 4.47 Å². The van der Waals surface area contributed by atoms with Gasteiger partial charge in [-0.15, -0.1) is 0 Å². The Balaban J connectivity index is 3.27. The maximum absolute atomic E-state index is 12.3. The fourth-order valence-electron chi connectivity index (χ4n) is 0.976. The third-order valence-corrected chi connectivity index (χ3v) is 2.22. The van der Waals surface area contributed by atoms with Crippen molar-refractivity contribution in [2.75, 3.05) is 0 Å². The van der Waals surface area contributed by atoms with Gasteiger partial charge >= 0.3 is 12.8 Å². The highest BCUT2D eigenvalue weighted by molar-refractivity contribution is 9.10. The predicted molar refractivity (Wildman–Crippen MR) is 47.4 cm³/mol. The van der Waals surface area contributed by atoms with Crippen LogP contribution in [0.4, 0.5) is 22.0 Å². The lowest BCUT2D eigenvalue weighted by Gasteiger charge is -2.14. The molecular weight excluding hydrogens is 303 g/mol. The number of hydrogen-bond donors (Lipinski definition) is 1. The first kappa shape index (κ1) is 13.0. The maximum atomic E-state index is 12.3. The molecule has 2 nitrogen and oxygen atoms in total. The number of rotatable bonds is 2. The van der Waals surface area contributed by atoms with Crippen LogP contribution in [0.3, 0.4) is 0 Å². The van der Waals surface area contributed by atoms with E-state index in [-0.39, 0.29) is 4.47 Å². The molecule has 0 amide bonds. The highest BCUT2D eigenvalue weighted by Gasteiger charge is 2.36. The van der Waals surface area contributed by atoms with Gasteiger partial charge in [-0.2, -0.15) is 22.0 Å². The van der Waals surface area contributed by atoms with Crippen LogP contribution in [-0.4, -0.2) is 11.7 Å². The summed E-state index contributed by atoms with van der Waals surface area (Å²) in [5, 5.41) is 9.15. The summed E-state index contributed by atoms with van der Waals surface area (Å²) in [5.41, 5.74) is -1.44. The van der Waals surface area contributed by atoms with E-state index in [1.807, 2.05) is 0 Å². The van der Waals surface area contributed by atoms with Crippen LogP contribution in [0.1, 0.15) is 5.56 Å². The molecular formula is C8H4BrF5O2. The third-order valence-electron chi connectivity index (χ3n) is 1.60. The number of benzene rings is 1. The molecule has 0 aliphatic rings. The fourth-order valence-corrected chi connectivity index (χ4v) is 1.39. The molecule has 0 spiro atoms. The first-order valence-electron chi connectivity index (χ1n) is 3.77. The Bertz CT molecular complexity index is 391. The zero-order chi connectivity index (χ0) is 12.5. The summed E-state index contributed by atoms with van der Waals surface area (Å²) >= 11 is 2.69. The Morgan fingerprint density at radius 2 is 1.81 bits per heavy atom. The zero-order valence-electron chi connectivity index (χ0n) is 7.36. The van der Waals surface area contributed by atoms with Crippen molar-refractivity contribution in [2.24, 2.45) is 0 Å². The number of hydrogen-bond acceptors (Lipinski definition) is 2. The molecule has 0 unspecified atom stereocenters. The average molecular weight is 307 g/mol. The van der Waals surface area contributed by atoms with E-state index in [1.54, 1.807) is 0 Å². The molecule has 1 aromatic carbocycles. The van der Waals surface area contributed by atoms with Gasteiger partial charge in [-0.05, 0) is 28.1 Å². The van der Waals surface area contributed by atoms with Crippen LogP contribution in [0, 0.1) is 0 Å². The van der Waals surface area contributed by atoms with E-state index in [2.05, 4.69) is 20.7 Å². The smallest absolute Gasteiger partial charge is 0.420 e. The summed E-state index contributed by atoms with van der Waals surface area (Å²) in [5.74, 6) is -2.31. The van der Waals surface area contributed by atoms with Crippen molar-refractivity contribution in [3.63, 3.8) is 0 Å². The third kappa shape index (κ3) is 2.75. The Labute approximate surface area is 94.8 Å². The molecule has 0 fully saturated rings. The summed E-state index contributed by atoms with van der Waals surface area (Å²) in [4.78, 5) is 0. The van der Waals surface area contributed by atoms with Crippen LogP contribution in [-0.2, 0) is 6.18 Å². The highest BCUT2D eigenvalue weighted by atomic mass is 79.9. The van der Waals surface area contributed by atoms with Crippen molar-refractivity contribution in [1.82, 2.24) is 0 Å². The lowest BCUT2D eigenvalue weighted by molar-refractivity contribution is -0.139. The molecule has 90 valence electrons. The average Bonchev–Trinajstić information content (AvgIpc) is 2.09. The van der Waals surface area contributed by atoms with E-state index in [9.17, 15) is 22.0 Å². The second-order valence-corrected chi connectivity index (χ2v) is 3.50. The van der Waals surface area contributed by atoms with Crippen molar-refractivity contribution in [1.29, 1.82) is 0 Å². The minimum Gasteiger partial charge on any atom is -0.504 e. The SMILES string of the molecule is Oc1c(C(F)(F)F)ccc(Br)c1OC(F)F. The lowest BCUT2D eigenvalue weighted by Crippen LogP contribution is -2.08. The second-order valence-electron chi connectivity index (χ2n) is 2.65. The zero-order valence-corrected chi connectivity index (χ0v) is 8.94. The molecule has 0 aliphatic heterocycles. The van der Waals surface area contributed by atoms with Crippen molar-refractivity contribution in [3.8, 4) is 11.5 Å². The maximum Gasteiger partial charge on any atom is 0.420 e. The second kappa shape index (κ2) is 4.44. The van der Waals surface area contributed by atoms with Crippen LogP contribution in [0.15, 0.2) is 16.6 Å². The van der Waals surface area contributed by atoms with Crippen molar-refractivity contribution < 1.29 is 31.8 Å². The Kier molecular flexibility index (Phi) is 3.61. The van der Waals surface area contributed by atoms with Gasteiger partial charge < -0.3 is 9.84 Å². The van der Waals surface area contributed by atoms with Gasteiger partial charge in [0, 0.05) is 0 Å². The summed E-state index contributed by atoms with van der Waals surface area (Å²) in [6, 6.07) is 1.41. The summed E-state index contributed by atoms with van der Waals surface area (Å²) in [6.45, 7) is -3.33. The lowest BCUT2D eigenvalue weighted by atomic mass is 10.2. The number of phenols is 1. The van der Waals surface area contributed by atoms with Gasteiger partial charge in [-0.25, -0.2) is 0 Å². The normalized spacial score (nSPS) is 11.9. The van der Waals surface area contributed by atoms with E-state index >= 15 is 0 Å². The molecule has 0 saturated carbocycles. The van der Waals surface area contributed by atoms with Gasteiger partial charge in [0.2, 0.25) is 0 Å². The summed E-state index contributed by atoms with van der Waals surface area (Å²) in [7, 11) is 0. The van der Waals surface area contributed by atoms with Gasteiger partial charge in [0.15, 0.2) is 11.5 Å². The molecule has 8 heteroatoms. The Morgan fingerprint density at radius 3 is 2.25 bits per heavy atom. The van der Waals surface area contributed by atoms with E-state index in [0.29, 0.717) is 6.07 Å². The molecule has 0 bridgehead atoms. The molecule has 0 atom stereocenters. The summed E-state index contributed by atoms with van der Waals surface area (Å²) in [6.07, 6.45) is -4.84. The van der Waals surface area contributed by atoms with Crippen molar-refractivity contribution in [2.45, 2.75) is 12.8 Å². The first-order chi connectivity index (χ1) is 7.23. The van der Waals surface area contributed by atoms with Crippen LogP contribution in [0.25, 0.3) is 0 Å². The topological polar surface area (TPSA) is 29.5 Å². The van der Waals surface area contributed by atoms with E-state index < -0.39 is 29.9 Å². The number of aromatic hydroxyl groups is 1. The number of halogens is 6. The van der Waals surface area contributed by atoms with Crippen molar-refractivity contribution >= 4 is 15.9 Å². The standard InChI is InChI=1S/C8H4BrF5O2/c9-4-2-1-3(8(12,13)14)5(15)6(4)16-7(10)11/h1-2,7,15H. The summed E-state index contributed by atoms with van der Waals surface area (Å²) < 4.78 is 64.2. The molecule has 1 rings (SSSR count). The van der Waals surface area contributed by atoms with Crippen LogP contribution >= 0.6 is 15.9 Å². The van der Waals surface area contributed by atoms with Gasteiger partial charge in [-0.3, -0.25) is 0 Å². The van der Waals surface area contributed by atoms with Gasteiger partial charge in [0.1, 0.15) is 5.56 Å². The number of alkyl halides is 5. The minimum atomic E-state index is -4.84. The molecule has 0 radical (unpaired) electrons. The first-order valence-corrected chi connectivity index (χ1v) is 4.56. The fraction of sp³-hybridized carbons (Fsp3) is 0.250. The van der Waals surface area contributed by atoms with E-state index in [1.165, 1.54) is 0 Å². The van der Waals surface area contributed by atoms with Crippen LogP contribution < -0.4 is 4.74 Å². The molecule has 0 aromatic heterocycles. The quantitative estimate of drug-likeness (QED) is 0.843. The largest absolute Gasteiger partial charge is 0.504 e. The van der Waals surface area contributed by atoms with E-state index in [0.717, 1.165) is 6.07 Å². The Hall–Kier alpha value is -1.05. The predicted octanol–water partition coefficient (Wildman–Crippen LogP) is 3.77. The number of ether oxygens (including phenoxy) is 1. The monoisotopic (exact) mass is 306 g/mol. The van der Waals surface area contributed by atoms with E-state index in [4.69, 9.17) is 5.11 Å². The molecule has 1 aromatic rings. The van der Waals surface area contributed by atoms with Crippen LogP contribution in [0.5, 0.6) is 11.5 Å². The van der Waals surface area contributed by atoms with Gasteiger partial charge in [-0.1, -0.05) is 0 Å².